The van der Waals surface area contributed by atoms with E-state index in [1.54, 1.807) is 11.3 Å². The van der Waals surface area contributed by atoms with Gasteiger partial charge < -0.3 is 10.6 Å². The van der Waals surface area contributed by atoms with E-state index in [1.165, 1.54) is 17.8 Å². The van der Waals surface area contributed by atoms with E-state index in [1.807, 2.05) is 12.1 Å². The molecule has 0 saturated carbocycles. The number of anilines is 1. The molecule has 78 valence electrons. The van der Waals surface area contributed by atoms with Gasteiger partial charge in [0.05, 0.1) is 9.34 Å². The van der Waals surface area contributed by atoms with Gasteiger partial charge in [0.25, 0.3) is 0 Å². The molecule has 0 aliphatic carbocycles. The molecule has 1 saturated heterocycles. The predicted octanol–water partition coefficient (Wildman–Crippen LogP) is 2.81. The molecule has 0 spiro atoms. The third-order valence-electron chi connectivity index (χ3n) is 2.60. The average Bonchev–Trinajstić information content (AvgIpc) is 2.63. The zero-order valence-corrected chi connectivity index (χ0v) is 9.63. The predicted molar refractivity (Wildman–Crippen MR) is 63.4 cm³/mol. The topological polar surface area (TPSA) is 24.1 Å². The molecule has 2 nitrogen and oxygen atoms in total. The average molecular weight is 231 g/mol. The van der Waals surface area contributed by atoms with Gasteiger partial charge in [-0.1, -0.05) is 11.6 Å². The van der Waals surface area contributed by atoms with Crippen molar-refractivity contribution < 1.29 is 0 Å². The zero-order valence-electron chi connectivity index (χ0n) is 8.05. The van der Waals surface area contributed by atoms with Crippen LogP contribution < -0.4 is 10.6 Å². The van der Waals surface area contributed by atoms with Gasteiger partial charge in [-0.15, -0.1) is 11.3 Å². The van der Waals surface area contributed by atoms with Gasteiger partial charge in [-0.3, -0.25) is 0 Å². The van der Waals surface area contributed by atoms with Crippen molar-refractivity contribution in [1.82, 2.24) is 5.32 Å². The first-order valence-electron chi connectivity index (χ1n) is 5.04. The molecule has 1 fully saturated rings. The molecule has 1 aromatic heterocycles. The summed E-state index contributed by atoms with van der Waals surface area (Å²) in [5.74, 6) is 0.817. The van der Waals surface area contributed by atoms with Crippen molar-refractivity contribution in [1.29, 1.82) is 0 Å². The molecule has 2 N–H and O–H groups in total. The van der Waals surface area contributed by atoms with Gasteiger partial charge in [-0.25, -0.2) is 0 Å². The van der Waals surface area contributed by atoms with Gasteiger partial charge in [0, 0.05) is 6.54 Å². The number of hydrogen-bond donors (Lipinski definition) is 2. The highest BCUT2D eigenvalue weighted by atomic mass is 35.5. The Labute approximate surface area is 93.7 Å². The first-order chi connectivity index (χ1) is 6.84. The lowest BCUT2D eigenvalue weighted by molar-refractivity contribution is 0.390. The van der Waals surface area contributed by atoms with Crippen LogP contribution in [0.1, 0.15) is 12.8 Å². The lowest BCUT2D eigenvalue weighted by Crippen LogP contribution is -2.31. The highest BCUT2D eigenvalue weighted by molar-refractivity contribution is 7.19. The summed E-state index contributed by atoms with van der Waals surface area (Å²) in [5, 5.41) is 8.00. The number of hydrogen-bond acceptors (Lipinski definition) is 3. The quantitative estimate of drug-likeness (QED) is 0.835. The van der Waals surface area contributed by atoms with E-state index in [4.69, 9.17) is 11.6 Å². The Balaban J connectivity index is 1.76. The molecule has 1 aliphatic rings. The molecule has 0 bridgehead atoms. The number of nitrogens with one attached hydrogen (secondary N) is 2. The van der Waals surface area contributed by atoms with Crippen LogP contribution in [0.5, 0.6) is 0 Å². The van der Waals surface area contributed by atoms with E-state index < -0.39 is 0 Å². The van der Waals surface area contributed by atoms with Crippen molar-refractivity contribution in [3.05, 3.63) is 16.5 Å². The van der Waals surface area contributed by atoms with Gasteiger partial charge in [-0.2, -0.15) is 0 Å². The van der Waals surface area contributed by atoms with Crippen LogP contribution in [0.25, 0.3) is 0 Å². The Bertz CT molecular complexity index is 281. The van der Waals surface area contributed by atoms with Crippen LogP contribution in [0.3, 0.4) is 0 Å². The van der Waals surface area contributed by atoms with Crippen LogP contribution in [0, 0.1) is 5.92 Å². The second kappa shape index (κ2) is 5.01. The SMILES string of the molecule is Clc1ccc(NCC2CCNCC2)s1. The van der Waals surface area contributed by atoms with Crippen molar-refractivity contribution in [2.24, 2.45) is 5.92 Å². The Morgan fingerprint density at radius 1 is 1.43 bits per heavy atom. The first kappa shape index (κ1) is 10.3. The van der Waals surface area contributed by atoms with E-state index in [2.05, 4.69) is 10.6 Å². The highest BCUT2D eigenvalue weighted by Gasteiger charge is 2.12. The van der Waals surface area contributed by atoms with E-state index in [0.29, 0.717) is 0 Å². The Morgan fingerprint density at radius 2 is 2.21 bits per heavy atom. The third-order valence-corrected chi connectivity index (χ3v) is 3.79. The molecule has 0 amide bonds. The minimum Gasteiger partial charge on any atom is -0.377 e. The van der Waals surface area contributed by atoms with E-state index in [0.717, 1.165) is 29.9 Å². The van der Waals surface area contributed by atoms with Gasteiger partial charge in [0.15, 0.2) is 0 Å². The standard InChI is InChI=1S/C10H15ClN2S/c11-9-1-2-10(14-9)13-7-8-3-5-12-6-4-8/h1-2,8,12-13H,3-7H2. The lowest BCUT2D eigenvalue weighted by Gasteiger charge is -2.22. The summed E-state index contributed by atoms with van der Waals surface area (Å²) in [5.41, 5.74) is 0. The summed E-state index contributed by atoms with van der Waals surface area (Å²) < 4.78 is 0.859. The number of thiophene rings is 1. The number of rotatable bonds is 3. The van der Waals surface area contributed by atoms with Crippen molar-refractivity contribution >= 4 is 27.9 Å². The summed E-state index contributed by atoms with van der Waals surface area (Å²) in [6, 6.07) is 3.99. The van der Waals surface area contributed by atoms with Crippen molar-refractivity contribution in [3.8, 4) is 0 Å². The Morgan fingerprint density at radius 3 is 2.86 bits per heavy atom. The molecule has 0 atom stereocenters. The minimum atomic E-state index is 0.817. The maximum atomic E-state index is 5.85. The normalized spacial score (nSPS) is 18.4. The van der Waals surface area contributed by atoms with Crippen LogP contribution >= 0.6 is 22.9 Å². The molecule has 14 heavy (non-hydrogen) atoms. The van der Waals surface area contributed by atoms with Crippen LogP contribution in [-0.2, 0) is 0 Å². The van der Waals surface area contributed by atoms with Crippen LogP contribution in [0.2, 0.25) is 4.34 Å². The monoisotopic (exact) mass is 230 g/mol. The molecule has 1 aliphatic heterocycles. The molecule has 2 heterocycles. The van der Waals surface area contributed by atoms with Gasteiger partial charge in [0.2, 0.25) is 0 Å². The highest BCUT2D eigenvalue weighted by Crippen LogP contribution is 2.26. The smallest absolute Gasteiger partial charge is 0.0950 e. The zero-order chi connectivity index (χ0) is 9.80. The van der Waals surface area contributed by atoms with Gasteiger partial charge in [0.1, 0.15) is 0 Å². The fraction of sp³-hybridized carbons (Fsp3) is 0.600. The van der Waals surface area contributed by atoms with E-state index in [9.17, 15) is 0 Å². The maximum absolute atomic E-state index is 5.85. The summed E-state index contributed by atoms with van der Waals surface area (Å²) in [6.45, 7) is 3.41. The molecule has 0 radical (unpaired) electrons. The Hall–Kier alpha value is -0.250. The van der Waals surface area contributed by atoms with Crippen LogP contribution in [0.4, 0.5) is 5.00 Å². The molecular formula is C10H15ClN2S. The minimum absolute atomic E-state index is 0.817. The number of piperidine rings is 1. The van der Waals surface area contributed by atoms with Gasteiger partial charge in [-0.05, 0) is 44.0 Å². The summed E-state index contributed by atoms with van der Waals surface area (Å²) >= 11 is 7.47. The van der Waals surface area contributed by atoms with E-state index >= 15 is 0 Å². The largest absolute Gasteiger partial charge is 0.377 e. The maximum Gasteiger partial charge on any atom is 0.0950 e. The number of halogens is 1. The molecular weight excluding hydrogens is 216 g/mol. The fourth-order valence-corrected chi connectivity index (χ4v) is 2.69. The second-order valence-corrected chi connectivity index (χ2v) is 5.39. The summed E-state index contributed by atoms with van der Waals surface area (Å²) in [6.07, 6.45) is 2.57. The van der Waals surface area contributed by atoms with Crippen LogP contribution in [0.15, 0.2) is 12.1 Å². The van der Waals surface area contributed by atoms with Crippen molar-refractivity contribution in [2.75, 3.05) is 25.0 Å². The second-order valence-electron chi connectivity index (χ2n) is 3.68. The van der Waals surface area contributed by atoms with Crippen LogP contribution in [-0.4, -0.2) is 19.6 Å². The lowest BCUT2D eigenvalue weighted by atomic mass is 9.98. The fourth-order valence-electron chi connectivity index (χ4n) is 1.74. The molecule has 4 heteroatoms. The first-order valence-corrected chi connectivity index (χ1v) is 6.24. The van der Waals surface area contributed by atoms with Gasteiger partial charge >= 0.3 is 0 Å². The molecule has 2 rings (SSSR count). The third kappa shape index (κ3) is 2.87. The Kier molecular flexibility index (Phi) is 3.67. The van der Waals surface area contributed by atoms with E-state index in [-0.39, 0.29) is 0 Å². The molecule has 1 aromatic rings. The molecule has 0 unspecified atom stereocenters. The molecule has 0 aromatic carbocycles. The summed E-state index contributed by atoms with van der Waals surface area (Å²) in [4.78, 5) is 0. The van der Waals surface area contributed by atoms with Crippen molar-refractivity contribution in [3.63, 3.8) is 0 Å². The van der Waals surface area contributed by atoms with Crippen molar-refractivity contribution in [2.45, 2.75) is 12.8 Å². The summed E-state index contributed by atoms with van der Waals surface area (Å²) in [7, 11) is 0.